The van der Waals surface area contributed by atoms with E-state index < -0.39 is 12.7 Å². The van der Waals surface area contributed by atoms with Crippen molar-refractivity contribution in [3.05, 3.63) is 59.2 Å². The van der Waals surface area contributed by atoms with Crippen LogP contribution in [0, 0.1) is 6.92 Å². The van der Waals surface area contributed by atoms with Crippen LogP contribution < -0.4 is 20.7 Å². The first-order valence-electron chi connectivity index (χ1n) is 8.84. The number of amides is 1. The van der Waals surface area contributed by atoms with Gasteiger partial charge >= 0.3 is 12.7 Å². The van der Waals surface area contributed by atoms with E-state index in [4.69, 9.17) is 0 Å². The summed E-state index contributed by atoms with van der Waals surface area (Å²) in [6, 6.07) is 12.2. The van der Waals surface area contributed by atoms with Gasteiger partial charge in [0.15, 0.2) is 5.96 Å². The van der Waals surface area contributed by atoms with Crippen molar-refractivity contribution in [2.75, 3.05) is 19.5 Å². The van der Waals surface area contributed by atoms with Crippen LogP contribution in [0.3, 0.4) is 0 Å². The molecule has 0 aromatic heterocycles. The number of aliphatic imine (C=N–C) groups is 1. The molecule has 0 fully saturated rings. The van der Waals surface area contributed by atoms with E-state index in [2.05, 4.69) is 30.4 Å². The first-order chi connectivity index (χ1) is 13.9. The second-order valence-electron chi connectivity index (χ2n) is 6.08. The van der Waals surface area contributed by atoms with Crippen LogP contribution in [-0.2, 0) is 17.8 Å². The number of nitrogens with zero attached hydrogens (tertiary/aromatic N) is 1. The van der Waals surface area contributed by atoms with Gasteiger partial charge in [0.1, 0.15) is 5.75 Å². The summed E-state index contributed by atoms with van der Waals surface area (Å²) < 4.78 is 34.3. The van der Waals surface area contributed by atoms with Crippen molar-refractivity contribution in [3.63, 3.8) is 0 Å². The minimum Gasteiger partial charge on any atom is -0.453 e. The fourth-order valence-corrected chi connectivity index (χ4v) is 2.52. The standard InChI is InChI=1S/C20H24F2N4O3/c1-13-4-9-17(29-18(21)22)15(10-13)12-25-19(23-2)24-11-14-5-7-16(8-6-14)26-20(27)28-3/h4-10,18H,11-12H2,1-3H3,(H,26,27)(H2,23,24,25). The molecule has 0 radical (unpaired) electrons. The molecule has 0 unspecified atom stereocenters. The maximum atomic E-state index is 12.6. The Kier molecular flexibility index (Phi) is 8.20. The van der Waals surface area contributed by atoms with Gasteiger partial charge in [-0.15, -0.1) is 0 Å². The number of ether oxygens (including phenoxy) is 2. The molecule has 0 atom stereocenters. The van der Waals surface area contributed by atoms with E-state index in [1.54, 1.807) is 31.3 Å². The number of anilines is 1. The molecule has 0 saturated heterocycles. The van der Waals surface area contributed by atoms with Crippen molar-refractivity contribution in [1.29, 1.82) is 0 Å². The molecule has 2 aromatic rings. The van der Waals surface area contributed by atoms with Crippen molar-refractivity contribution >= 4 is 17.7 Å². The summed E-state index contributed by atoms with van der Waals surface area (Å²) in [6.07, 6.45) is -0.535. The Morgan fingerprint density at radius 1 is 1.10 bits per heavy atom. The molecular weight excluding hydrogens is 382 g/mol. The lowest BCUT2D eigenvalue weighted by molar-refractivity contribution is -0.0504. The van der Waals surface area contributed by atoms with E-state index in [1.165, 1.54) is 13.2 Å². The van der Waals surface area contributed by atoms with Crippen molar-refractivity contribution in [2.45, 2.75) is 26.6 Å². The number of carbonyl (C=O) groups excluding carboxylic acids is 1. The van der Waals surface area contributed by atoms with Crippen molar-refractivity contribution in [1.82, 2.24) is 10.6 Å². The van der Waals surface area contributed by atoms with E-state index in [0.717, 1.165) is 11.1 Å². The first-order valence-corrected chi connectivity index (χ1v) is 8.84. The van der Waals surface area contributed by atoms with Crippen LogP contribution in [0.2, 0.25) is 0 Å². The molecule has 156 valence electrons. The van der Waals surface area contributed by atoms with E-state index in [9.17, 15) is 13.6 Å². The van der Waals surface area contributed by atoms with Crippen LogP contribution in [0.1, 0.15) is 16.7 Å². The Bertz CT molecular complexity index is 842. The SMILES string of the molecule is CN=C(NCc1ccc(NC(=O)OC)cc1)NCc1cc(C)ccc1OC(F)F. The van der Waals surface area contributed by atoms with E-state index in [1.807, 2.05) is 19.1 Å². The summed E-state index contributed by atoms with van der Waals surface area (Å²) in [6.45, 7) is -0.260. The van der Waals surface area contributed by atoms with E-state index in [0.29, 0.717) is 23.8 Å². The zero-order valence-electron chi connectivity index (χ0n) is 16.5. The maximum Gasteiger partial charge on any atom is 0.411 e. The van der Waals surface area contributed by atoms with Gasteiger partial charge in [0.2, 0.25) is 0 Å². The molecular formula is C20H24F2N4O3. The largest absolute Gasteiger partial charge is 0.453 e. The highest BCUT2D eigenvalue weighted by Crippen LogP contribution is 2.22. The minimum atomic E-state index is -2.88. The van der Waals surface area contributed by atoms with Crippen LogP contribution in [0.5, 0.6) is 5.75 Å². The maximum absolute atomic E-state index is 12.6. The molecule has 7 nitrogen and oxygen atoms in total. The fraction of sp³-hybridized carbons (Fsp3) is 0.300. The van der Waals surface area contributed by atoms with Crippen LogP contribution in [0.15, 0.2) is 47.5 Å². The Balaban J connectivity index is 1.92. The smallest absolute Gasteiger partial charge is 0.411 e. The van der Waals surface area contributed by atoms with Crippen LogP contribution in [0.25, 0.3) is 0 Å². The van der Waals surface area contributed by atoms with Gasteiger partial charge in [-0.2, -0.15) is 8.78 Å². The number of carbonyl (C=O) groups is 1. The van der Waals surface area contributed by atoms with Gasteiger partial charge in [-0.05, 0) is 30.7 Å². The average molecular weight is 406 g/mol. The number of halogens is 2. The van der Waals surface area contributed by atoms with Crippen molar-refractivity contribution in [2.24, 2.45) is 4.99 Å². The topological polar surface area (TPSA) is 84.0 Å². The quantitative estimate of drug-likeness (QED) is 0.483. The highest BCUT2D eigenvalue weighted by Gasteiger charge is 2.10. The van der Waals surface area contributed by atoms with E-state index >= 15 is 0 Å². The Labute approximate surface area is 168 Å². The molecule has 0 aliphatic carbocycles. The lowest BCUT2D eigenvalue weighted by Crippen LogP contribution is -2.36. The minimum absolute atomic E-state index is 0.127. The Morgan fingerprint density at radius 3 is 2.41 bits per heavy atom. The number of hydrogen-bond acceptors (Lipinski definition) is 4. The third-order valence-electron chi connectivity index (χ3n) is 3.95. The number of rotatable bonds is 7. The molecule has 9 heteroatoms. The lowest BCUT2D eigenvalue weighted by atomic mass is 10.1. The van der Waals surface area contributed by atoms with Crippen molar-refractivity contribution < 1.29 is 23.0 Å². The highest BCUT2D eigenvalue weighted by atomic mass is 19.3. The summed E-state index contributed by atoms with van der Waals surface area (Å²) in [5.41, 5.74) is 3.12. The Hall–Kier alpha value is -3.36. The van der Waals surface area contributed by atoms with Gasteiger partial charge in [-0.1, -0.05) is 29.8 Å². The first kappa shape index (κ1) is 21.9. The van der Waals surface area contributed by atoms with Gasteiger partial charge in [0.05, 0.1) is 7.11 Å². The zero-order valence-corrected chi connectivity index (χ0v) is 16.5. The molecule has 29 heavy (non-hydrogen) atoms. The van der Waals surface area contributed by atoms with Crippen LogP contribution in [-0.4, -0.2) is 32.8 Å². The molecule has 0 saturated carbocycles. The number of alkyl halides is 2. The Morgan fingerprint density at radius 2 is 1.79 bits per heavy atom. The normalized spacial score (nSPS) is 11.2. The van der Waals surface area contributed by atoms with Gasteiger partial charge in [-0.25, -0.2) is 4.79 Å². The summed E-state index contributed by atoms with van der Waals surface area (Å²) in [5.74, 6) is 0.633. The molecule has 0 aliphatic rings. The molecule has 3 N–H and O–H groups in total. The van der Waals surface area contributed by atoms with Gasteiger partial charge in [0, 0.05) is 31.4 Å². The number of methoxy groups -OCH3 is 1. The van der Waals surface area contributed by atoms with E-state index in [-0.39, 0.29) is 12.3 Å². The lowest BCUT2D eigenvalue weighted by Gasteiger charge is -2.15. The number of hydrogen-bond donors (Lipinski definition) is 3. The molecule has 0 aliphatic heterocycles. The van der Waals surface area contributed by atoms with Crippen molar-refractivity contribution in [3.8, 4) is 5.75 Å². The number of aryl methyl sites for hydroxylation is 1. The number of nitrogens with one attached hydrogen (secondary N) is 3. The predicted molar refractivity (Wildman–Crippen MR) is 107 cm³/mol. The average Bonchev–Trinajstić information content (AvgIpc) is 2.70. The second-order valence-corrected chi connectivity index (χ2v) is 6.08. The molecule has 0 heterocycles. The molecule has 0 spiro atoms. The fourth-order valence-electron chi connectivity index (χ4n) is 2.52. The summed E-state index contributed by atoms with van der Waals surface area (Å²) >= 11 is 0. The number of benzene rings is 2. The second kappa shape index (κ2) is 10.8. The molecule has 0 bridgehead atoms. The summed E-state index contributed by atoms with van der Waals surface area (Å²) in [4.78, 5) is 15.3. The molecule has 2 aromatic carbocycles. The summed E-state index contributed by atoms with van der Waals surface area (Å²) in [5, 5.41) is 8.80. The van der Waals surface area contributed by atoms with Crippen LogP contribution in [0.4, 0.5) is 19.3 Å². The monoisotopic (exact) mass is 406 g/mol. The third-order valence-corrected chi connectivity index (χ3v) is 3.95. The van der Waals surface area contributed by atoms with Gasteiger partial charge in [0.25, 0.3) is 0 Å². The zero-order chi connectivity index (χ0) is 21.2. The predicted octanol–water partition coefficient (Wildman–Crippen LogP) is 3.64. The van der Waals surface area contributed by atoms with Crippen LogP contribution >= 0.6 is 0 Å². The molecule has 1 amide bonds. The van der Waals surface area contributed by atoms with Gasteiger partial charge < -0.3 is 20.1 Å². The third kappa shape index (κ3) is 7.28. The molecule has 2 rings (SSSR count). The summed E-state index contributed by atoms with van der Waals surface area (Å²) in [7, 11) is 2.91. The number of guanidine groups is 1. The highest BCUT2D eigenvalue weighted by molar-refractivity contribution is 5.84. The van der Waals surface area contributed by atoms with Gasteiger partial charge in [-0.3, -0.25) is 10.3 Å².